The third kappa shape index (κ3) is 4.02. The highest BCUT2D eigenvalue weighted by Crippen LogP contribution is 2.17. The summed E-state index contributed by atoms with van der Waals surface area (Å²) in [7, 11) is 0. The number of carbonyl (C=O) groups is 1. The van der Waals surface area contributed by atoms with Crippen LogP contribution in [0.4, 0.5) is 8.78 Å². The zero-order valence-electron chi connectivity index (χ0n) is 13.7. The number of aromatic nitrogens is 2. The van der Waals surface area contributed by atoms with Crippen molar-refractivity contribution in [2.75, 3.05) is 0 Å². The molecule has 0 saturated heterocycles. The molecular weight excluding hydrogens is 346 g/mol. The van der Waals surface area contributed by atoms with E-state index >= 15 is 0 Å². The van der Waals surface area contributed by atoms with Gasteiger partial charge in [0, 0.05) is 12.3 Å². The standard InChI is InChI=1S/C18H14F2N2O4/c1-11-5-6-15-21-13(8-16(23)22(15)9-11)10-25-17(24)12-3-2-4-14(7-12)26-18(19)20/h2-9,18H,10H2,1H3. The number of carbonyl (C=O) groups excluding carboxylic acids is 1. The van der Waals surface area contributed by atoms with Gasteiger partial charge in [-0.25, -0.2) is 9.78 Å². The summed E-state index contributed by atoms with van der Waals surface area (Å²) in [5.74, 6) is -0.887. The van der Waals surface area contributed by atoms with E-state index in [0.717, 1.165) is 11.6 Å². The summed E-state index contributed by atoms with van der Waals surface area (Å²) in [5, 5.41) is 0. The van der Waals surface area contributed by atoms with Gasteiger partial charge in [0.15, 0.2) is 0 Å². The van der Waals surface area contributed by atoms with Crippen molar-refractivity contribution >= 4 is 11.6 Å². The van der Waals surface area contributed by atoms with Crippen LogP contribution in [0.2, 0.25) is 0 Å². The van der Waals surface area contributed by atoms with E-state index < -0.39 is 12.6 Å². The predicted octanol–water partition coefficient (Wildman–Crippen LogP) is 2.96. The highest BCUT2D eigenvalue weighted by atomic mass is 19.3. The van der Waals surface area contributed by atoms with E-state index in [9.17, 15) is 18.4 Å². The number of pyridine rings is 1. The Kier molecular flexibility index (Phi) is 4.92. The van der Waals surface area contributed by atoms with Crippen molar-refractivity contribution in [1.29, 1.82) is 0 Å². The summed E-state index contributed by atoms with van der Waals surface area (Å²) in [6, 6.07) is 10.0. The van der Waals surface area contributed by atoms with Gasteiger partial charge in [-0.1, -0.05) is 12.1 Å². The molecule has 0 bridgehead atoms. The second-order valence-electron chi connectivity index (χ2n) is 5.50. The smallest absolute Gasteiger partial charge is 0.387 e. The van der Waals surface area contributed by atoms with Gasteiger partial charge in [-0.3, -0.25) is 9.20 Å². The Morgan fingerprint density at radius 1 is 1.23 bits per heavy atom. The number of rotatable bonds is 5. The first-order chi connectivity index (χ1) is 12.4. The van der Waals surface area contributed by atoms with Crippen LogP contribution in [0.3, 0.4) is 0 Å². The molecule has 0 amide bonds. The average molecular weight is 360 g/mol. The molecule has 0 radical (unpaired) electrons. The molecule has 8 heteroatoms. The molecule has 26 heavy (non-hydrogen) atoms. The van der Waals surface area contributed by atoms with Gasteiger partial charge in [0.1, 0.15) is 18.0 Å². The Labute approximate surface area is 146 Å². The van der Waals surface area contributed by atoms with Gasteiger partial charge >= 0.3 is 12.6 Å². The predicted molar refractivity (Wildman–Crippen MR) is 88.4 cm³/mol. The lowest BCUT2D eigenvalue weighted by Crippen LogP contribution is -2.17. The van der Waals surface area contributed by atoms with Crippen LogP contribution in [0, 0.1) is 6.92 Å². The number of ether oxygens (including phenoxy) is 2. The highest BCUT2D eigenvalue weighted by molar-refractivity contribution is 5.89. The normalized spacial score (nSPS) is 10.9. The van der Waals surface area contributed by atoms with Crippen LogP contribution in [0.15, 0.2) is 53.5 Å². The molecule has 0 fully saturated rings. The minimum atomic E-state index is -2.99. The maximum absolute atomic E-state index is 12.2. The number of hydrogen-bond donors (Lipinski definition) is 0. The lowest BCUT2D eigenvalue weighted by atomic mass is 10.2. The molecule has 0 saturated carbocycles. The van der Waals surface area contributed by atoms with Crippen molar-refractivity contribution in [2.45, 2.75) is 20.1 Å². The van der Waals surface area contributed by atoms with Crippen molar-refractivity contribution in [1.82, 2.24) is 9.38 Å². The van der Waals surface area contributed by atoms with Crippen LogP contribution in [-0.2, 0) is 11.3 Å². The number of benzene rings is 1. The van der Waals surface area contributed by atoms with E-state index in [1.165, 1.54) is 28.7 Å². The average Bonchev–Trinajstić information content (AvgIpc) is 2.60. The molecule has 134 valence electrons. The van der Waals surface area contributed by atoms with Crippen molar-refractivity contribution < 1.29 is 23.0 Å². The summed E-state index contributed by atoms with van der Waals surface area (Å²) >= 11 is 0. The molecule has 3 aromatic rings. The van der Waals surface area contributed by atoms with Crippen LogP contribution in [0.5, 0.6) is 5.75 Å². The van der Waals surface area contributed by atoms with E-state index in [1.807, 2.05) is 13.0 Å². The summed E-state index contributed by atoms with van der Waals surface area (Å²) in [5.41, 5.74) is 1.38. The van der Waals surface area contributed by atoms with Gasteiger partial charge in [-0.2, -0.15) is 8.78 Å². The summed E-state index contributed by atoms with van der Waals surface area (Å²) in [4.78, 5) is 28.4. The number of esters is 1. The molecular formula is C18H14F2N2O4. The van der Waals surface area contributed by atoms with Crippen molar-refractivity contribution in [3.05, 3.63) is 75.8 Å². The molecule has 3 rings (SSSR count). The van der Waals surface area contributed by atoms with Crippen molar-refractivity contribution in [3.8, 4) is 5.75 Å². The lowest BCUT2D eigenvalue weighted by Gasteiger charge is -2.08. The van der Waals surface area contributed by atoms with Gasteiger partial charge in [-0.05, 0) is 36.8 Å². The number of fused-ring (bicyclic) bond motifs is 1. The maximum atomic E-state index is 12.2. The molecule has 0 aliphatic carbocycles. The molecule has 0 spiro atoms. The number of halogens is 2. The van der Waals surface area contributed by atoms with Gasteiger partial charge in [-0.15, -0.1) is 0 Å². The third-order valence-corrected chi connectivity index (χ3v) is 3.51. The Hall–Kier alpha value is -3.29. The number of alkyl halides is 2. The second-order valence-corrected chi connectivity index (χ2v) is 5.50. The zero-order chi connectivity index (χ0) is 18.7. The topological polar surface area (TPSA) is 69.9 Å². The fourth-order valence-electron chi connectivity index (χ4n) is 2.35. The molecule has 2 aromatic heterocycles. The number of nitrogens with zero attached hydrogens (tertiary/aromatic N) is 2. The van der Waals surface area contributed by atoms with E-state index in [-0.39, 0.29) is 29.2 Å². The number of hydrogen-bond acceptors (Lipinski definition) is 5. The maximum Gasteiger partial charge on any atom is 0.387 e. The summed E-state index contributed by atoms with van der Waals surface area (Å²) < 4.78 is 35.2. The zero-order valence-corrected chi connectivity index (χ0v) is 13.7. The number of aryl methyl sites for hydroxylation is 1. The fraction of sp³-hybridized carbons (Fsp3) is 0.167. The molecule has 1 aromatic carbocycles. The van der Waals surface area contributed by atoms with Gasteiger partial charge < -0.3 is 9.47 Å². The van der Waals surface area contributed by atoms with Crippen molar-refractivity contribution in [2.24, 2.45) is 0 Å². The molecule has 0 aliphatic heterocycles. The molecule has 0 atom stereocenters. The second kappa shape index (κ2) is 7.30. The van der Waals surface area contributed by atoms with Crippen LogP contribution < -0.4 is 10.3 Å². The lowest BCUT2D eigenvalue weighted by molar-refractivity contribution is -0.0499. The third-order valence-electron chi connectivity index (χ3n) is 3.51. The molecule has 6 nitrogen and oxygen atoms in total. The van der Waals surface area contributed by atoms with Gasteiger partial charge in [0.25, 0.3) is 5.56 Å². The van der Waals surface area contributed by atoms with E-state index in [4.69, 9.17) is 4.74 Å². The van der Waals surface area contributed by atoms with E-state index in [2.05, 4.69) is 9.72 Å². The van der Waals surface area contributed by atoms with Gasteiger partial charge in [0.05, 0.1) is 11.3 Å². The minimum absolute atomic E-state index is 0.0521. The molecule has 0 aliphatic rings. The monoisotopic (exact) mass is 360 g/mol. The Bertz CT molecular complexity index is 1020. The fourth-order valence-corrected chi connectivity index (χ4v) is 2.35. The first kappa shape index (κ1) is 17.5. The first-order valence-electron chi connectivity index (χ1n) is 7.63. The van der Waals surface area contributed by atoms with E-state index in [1.54, 1.807) is 12.3 Å². The first-order valence-corrected chi connectivity index (χ1v) is 7.63. The Morgan fingerprint density at radius 3 is 2.81 bits per heavy atom. The molecule has 0 N–H and O–H groups in total. The van der Waals surface area contributed by atoms with Gasteiger partial charge in [0.2, 0.25) is 0 Å². The quantitative estimate of drug-likeness (QED) is 0.655. The summed E-state index contributed by atoms with van der Waals surface area (Å²) in [6.45, 7) is -1.36. The van der Waals surface area contributed by atoms with Crippen LogP contribution in [-0.4, -0.2) is 22.0 Å². The largest absolute Gasteiger partial charge is 0.456 e. The minimum Gasteiger partial charge on any atom is -0.456 e. The van der Waals surface area contributed by atoms with Crippen LogP contribution in [0.25, 0.3) is 5.65 Å². The Morgan fingerprint density at radius 2 is 2.04 bits per heavy atom. The molecule has 2 heterocycles. The van der Waals surface area contributed by atoms with Crippen molar-refractivity contribution in [3.63, 3.8) is 0 Å². The SMILES string of the molecule is Cc1ccc2nc(COC(=O)c3cccc(OC(F)F)c3)cc(=O)n2c1. The molecule has 0 unspecified atom stereocenters. The van der Waals surface area contributed by atoms with Crippen LogP contribution in [0.1, 0.15) is 21.6 Å². The Balaban J connectivity index is 1.74. The van der Waals surface area contributed by atoms with Crippen LogP contribution >= 0.6 is 0 Å². The van der Waals surface area contributed by atoms with E-state index in [0.29, 0.717) is 5.65 Å². The summed E-state index contributed by atoms with van der Waals surface area (Å²) in [6.07, 6.45) is 1.66. The highest BCUT2D eigenvalue weighted by Gasteiger charge is 2.12.